The number of hydrogen-bond donors (Lipinski definition) is 1. The molecule has 2 aromatic carbocycles. The highest BCUT2D eigenvalue weighted by molar-refractivity contribution is 7.09. The number of amides is 1. The lowest BCUT2D eigenvalue weighted by Crippen LogP contribution is -2.34. The zero-order valence-corrected chi connectivity index (χ0v) is 17.5. The van der Waals surface area contributed by atoms with Gasteiger partial charge in [0.05, 0.1) is 24.4 Å². The van der Waals surface area contributed by atoms with Crippen LogP contribution < -0.4 is 10.1 Å². The van der Waals surface area contributed by atoms with Crippen LogP contribution in [-0.4, -0.2) is 35.5 Å². The summed E-state index contributed by atoms with van der Waals surface area (Å²) in [5, 5.41) is 6.12. The molecule has 1 aliphatic rings. The lowest BCUT2D eigenvalue weighted by Gasteiger charge is -2.22. The van der Waals surface area contributed by atoms with Crippen LogP contribution in [0.15, 0.2) is 53.9 Å². The minimum atomic E-state index is -0.00148. The fourth-order valence-corrected chi connectivity index (χ4v) is 4.07. The van der Waals surface area contributed by atoms with Crippen LogP contribution in [0.2, 0.25) is 0 Å². The molecule has 1 aliphatic carbocycles. The van der Waals surface area contributed by atoms with E-state index in [0.29, 0.717) is 19.1 Å². The Bertz CT molecular complexity index is 997. The molecule has 1 saturated carbocycles. The highest BCUT2D eigenvalue weighted by atomic mass is 32.1. The van der Waals surface area contributed by atoms with E-state index in [1.165, 1.54) is 0 Å². The maximum absolute atomic E-state index is 12.8. The molecule has 0 aliphatic heterocycles. The van der Waals surface area contributed by atoms with Crippen molar-refractivity contribution in [2.45, 2.75) is 32.4 Å². The van der Waals surface area contributed by atoms with Crippen LogP contribution in [0.1, 0.15) is 23.4 Å². The van der Waals surface area contributed by atoms with Crippen molar-refractivity contribution in [2.75, 3.05) is 19.0 Å². The molecular weight excluding hydrogens is 382 g/mol. The molecule has 29 heavy (non-hydrogen) atoms. The molecule has 1 heterocycles. The Morgan fingerprint density at radius 2 is 2.07 bits per heavy atom. The molecule has 0 spiro atoms. The summed E-state index contributed by atoms with van der Waals surface area (Å²) in [6.07, 6.45) is 2.28. The van der Waals surface area contributed by atoms with Crippen molar-refractivity contribution >= 4 is 22.9 Å². The third kappa shape index (κ3) is 5.02. The zero-order chi connectivity index (χ0) is 20.2. The predicted molar refractivity (Wildman–Crippen MR) is 117 cm³/mol. The number of carbonyl (C=O) groups is 1. The zero-order valence-electron chi connectivity index (χ0n) is 16.7. The molecule has 0 atom stereocenters. The Balaban J connectivity index is 1.42. The quantitative estimate of drug-likeness (QED) is 0.586. The highest BCUT2D eigenvalue weighted by Gasteiger charge is 2.30. The number of nitrogens with one attached hydrogen (secondary N) is 1. The number of aromatic nitrogens is 1. The maximum Gasteiger partial charge on any atom is 0.238 e. The van der Waals surface area contributed by atoms with Crippen LogP contribution in [0.4, 0.5) is 5.69 Å². The number of aryl methyl sites for hydroxylation is 1. The second kappa shape index (κ2) is 8.76. The first-order valence-electron chi connectivity index (χ1n) is 9.81. The van der Waals surface area contributed by atoms with Gasteiger partial charge in [0.2, 0.25) is 5.91 Å². The van der Waals surface area contributed by atoms with Crippen LogP contribution >= 0.6 is 11.3 Å². The minimum Gasteiger partial charge on any atom is -0.496 e. The summed E-state index contributed by atoms with van der Waals surface area (Å²) in [5.74, 6) is 0.864. The number of nitrogens with zero attached hydrogens (tertiary/aromatic N) is 2. The van der Waals surface area contributed by atoms with Crippen LogP contribution in [0, 0.1) is 6.92 Å². The first kappa shape index (κ1) is 19.6. The van der Waals surface area contributed by atoms with E-state index in [-0.39, 0.29) is 5.91 Å². The lowest BCUT2D eigenvalue weighted by molar-refractivity contribution is -0.117. The summed E-state index contributed by atoms with van der Waals surface area (Å²) in [7, 11) is 1.68. The molecule has 0 bridgehead atoms. The number of ether oxygens (including phenoxy) is 1. The first-order valence-corrected chi connectivity index (χ1v) is 10.7. The van der Waals surface area contributed by atoms with Crippen molar-refractivity contribution in [3.63, 3.8) is 0 Å². The molecule has 1 amide bonds. The Kier molecular flexibility index (Phi) is 5.92. The third-order valence-electron chi connectivity index (χ3n) is 5.04. The van der Waals surface area contributed by atoms with Gasteiger partial charge in [0.1, 0.15) is 5.75 Å². The normalized spacial score (nSPS) is 13.5. The Morgan fingerprint density at radius 1 is 1.24 bits per heavy atom. The van der Waals surface area contributed by atoms with Gasteiger partial charge in [0, 0.05) is 34.8 Å². The summed E-state index contributed by atoms with van der Waals surface area (Å²) >= 11 is 1.63. The number of hydrogen-bond acceptors (Lipinski definition) is 5. The van der Waals surface area contributed by atoms with Crippen molar-refractivity contribution < 1.29 is 9.53 Å². The highest BCUT2D eigenvalue weighted by Crippen LogP contribution is 2.30. The molecule has 0 saturated heterocycles. The summed E-state index contributed by atoms with van der Waals surface area (Å²) in [4.78, 5) is 19.5. The maximum atomic E-state index is 12.8. The summed E-state index contributed by atoms with van der Waals surface area (Å²) in [5.41, 5.74) is 3.86. The number of para-hydroxylation sites is 1. The number of anilines is 1. The predicted octanol–water partition coefficient (Wildman–Crippen LogP) is 4.73. The lowest BCUT2D eigenvalue weighted by atomic mass is 10.1. The Hall–Kier alpha value is -2.70. The van der Waals surface area contributed by atoms with Crippen molar-refractivity contribution in [1.82, 2.24) is 9.88 Å². The Labute approximate surface area is 175 Å². The second-order valence-corrected chi connectivity index (χ2v) is 8.39. The van der Waals surface area contributed by atoms with E-state index in [9.17, 15) is 4.79 Å². The standard InChI is InChI=1S/C23H25N3O2S/c1-16-24-21(15-29-16)17-7-5-8-19(12-17)25-23(27)14-26(20-10-11-20)13-18-6-3-4-9-22(18)28-2/h3-9,12,15,20H,10-11,13-14H2,1-2H3,(H,25,27). The van der Waals surface area contributed by atoms with E-state index in [1.807, 2.05) is 54.8 Å². The topological polar surface area (TPSA) is 54.5 Å². The van der Waals surface area contributed by atoms with Crippen molar-refractivity contribution in [3.05, 3.63) is 64.5 Å². The van der Waals surface area contributed by atoms with Crippen LogP contribution in [0.3, 0.4) is 0 Å². The average molecular weight is 408 g/mol. The minimum absolute atomic E-state index is 0.00148. The molecule has 6 heteroatoms. The van der Waals surface area contributed by atoms with E-state index in [0.717, 1.165) is 46.1 Å². The average Bonchev–Trinajstić information content (AvgIpc) is 3.48. The van der Waals surface area contributed by atoms with Gasteiger partial charge >= 0.3 is 0 Å². The van der Waals surface area contributed by atoms with Crippen molar-refractivity contribution in [2.24, 2.45) is 0 Å². The van der Waals surface area contributed by atoms with E-state index in [4.69, 9.17) is 4.74 Å². The van der Waals surface area contributed by atoms with E-state index in [2.05, 4.69) is 21.3 Å². The van der Waals surface area contributed by atoms with E-state index < -0.39 is 0 Å². The molecule has 150 valence electrons. The number of thiazole rings is 1. The fourth-order valence-electron chi connectivity index (χ4n) is 3.44. The first-order chi connectivity index (χ1) is 14.1. The van der Waals surface area contributed by atoms with Crippen LogP contribution in [-0.2, 0) is 11.3 Å². The van der Waals surface area contributed by atoms with E-state index >= 15 is 0 Å². The van der Waals surface area contributed by atoms with Gasteiger partial charge < -0.3 is 10.1 Å². The molecule has 1 N–H and O–H groups in total. The van der Waals surface area contributed by atoms with Crippen molar-refractivity contribution in [1.29, 1.82) is 0 Å². The SMILES string of the molecule is COc1ccccc1CN(CC(=O)Nc1cccc(-c2csc(C)n2)c1)C1CC1. The van der Waals surface area contributed by atoms with Crippen molar-refractivity contribution in [3.8, 4) is 17.0 Å². The van der Waals surface area contributed by atoms with Gasteiger partial charge in [0.25, 0.3) is 0 Å². The monoisotopic (exact) mass is 407 g/mol. The summed E-state index contributed by atoms with van der Waals surface area (Å²) < 4.78 is 5.47. The van der Waals surface area contributed by atoms with Gasteiger partial charge in [-0.25, -0.2) is 4.98 Å². The molecule has 0 unspecified atom stereocenters. The van der Waals surface area contributed by atoms with Gasteiger partial charge in [-0.05, 0) is 38.0 Å². The Morgan fingerprint density at radius 3 is 2.79 bits per heavy atom. The smallest absolute Gasteiger partial charge is 0.238 e. The number of methoxy groups -OCH3 is 1. The number of benzene rings is 2. The fraction of sp³-hybridized carbons (Fsp3) is 0.304. The summed E-state index contributed by atoms with van der Waals surface area (Å²) in [6, 6.07) is 16.3. The molecular formula is C23H25N3O2S. The molecule has 1 fully saturated rings. The molecule has 4 rings (SSSR count). The van der Waals surface area contributed by atoms with Gasteiger partial charge in [-0.1, -0.05) is 30.3 Å². The number of carbonyl (C=O) groups excluding carboxylic acids is 1. The molecule has 5 nitrogen and oxygen atoms in total. The van der Waals surface area contributed by atoms with Gasteiger partial charge in [-0.3, -0.25) is 9.69 Å². The second-order valence-electron chi connectivity index (χ2n) is 7.33. The van der Waals surface area contributed by atoms with Gasteiger partial charge in [-0.2, -0.15) is 0 Å². The van der Waals surface area contributed by atoms with Crippen LogP contribution in [0.25, 0.3) is 11.3 Å². The molecule has 3 aromatic rings. The molecule has 1 aromatic heterocycles. The van der Waals surface area contributed by atoms with E-state index in [1.54, 1.807) is 18.4 Å². The van der Waals surface area contributed by atoms with Crippen LogP contribution in [0.5, 0.6) is 5.75 Å². The third-order valence-corrected chi connectivity index (χ3v) is 5.81. The largest absolute Gasteiger partial charge is 0.496 e. The summed E-state index contributed by atoms with van der Waals surface area (Å²) in [6.45, 7) is 3.07. The van der Waals surface area contributed by atoms with Gasteiger partial charge in [0.15, 0.2) is 0 Å². The molecule has 0 radical (unpaired) electrons. The number of rotatable bonds is 8. The van der Waals surface area contributed by atoms with Gasteiger partial charge in [-0.15, -0.1) is 11.3 Å².